The lowest BCUT2D eigenvalue weighted by atomic mass is 9.98. The highest BCUT2D eigenvalue weighted by molar-refractivity contribution is 5.98. The minimum atomic E-state index is -1.31. The van der Waals surface area contributed by atoms with Gasteiger partial charge >= 0.3 is 0 Å². The summed E-state index contributed by atoms with van der Waals surface area (Å²) in [6.07, 6.45) is 3.10. The number of hydrogen-bond donors (Lipinski definition) is 6. The number of aliphatic hydroxyl groups excluding tert-OH is 1. The Bertz CT molecular complexity index is 1320. The highest BCUT2D eigenvalue weighted by Gasteiger charge is 2.41. The molecule has 0 spiro atoms. The fourth-order valence-electron chi connectivity index (χ4n) is 5.71. The minimum absolute atomic E-state index is 0.0274. The van der Waals surface area contributed by atoms with Gasteiger partial charge in [0.2, 0.25) is 29.5 Å². The van der Waals surface area contributed by atoms with Crippen LogP contribution in [0.15, 0.2) is 30.5 Å². The average Bonchev–Trinajstić information content (AvgIpc) is 3.60. The van der Waals surface area contributed by atoms with E-state index in [9.17, 15) is 29.1 Å². The Hall–Kier alpha value is -3.93. The summed E-state index contributed by atoms with van der Waals surface area (Å²) in [5, 5.41) is 22.0. The Morgan fingerprint density at radius 1 is 0.857 bits per heavy atom. The fourth-order valence-corrected chi connectivity index (χ4v) is 5.71. The van der Waals surface area contributed by atoms with Crippen molar-refractivity contribution in [1.29, 1.82) is 0 Å². The first kappa shape index (κ1) is 31.0. The van der Waals surface area contributed by atoms with E-state index in [-0.39, 0.29) is 24.8 Å². The van der Waals surface area contributed by atoms with Crippen LogP contribution in [-0.4, -0.2) is 87.9 Å². The first-order valence-electron chi connectivity index (χ1n) is 14.7. The zero-order valence-electron chi connectivity index (χ0n) is 24.6. The van der Waals surface area contributed by atoms with E-state index in [1.807, 2.05) is 38.1 Å². The maximum atomic E-state index is 13.7. The molecule has 2 saturated heterocycles. The Kier molecular flexibility index (Phi) is 9.87. The number of amides is 5. The number of carbonyl (C=O) groups is 5. The Morgan fingerprint density at radius 2 is 1.52 bits per heavy atom. The number of benzene rings is 1. The second kappa shape index (κ2) is 13.4. The predicted molar refractivity (Wildman–Crippen MR) is 156 cm³/mol. The zero-order valence-corrected chi connectivity index (χ0v) is 24.6. The van der Waals surface area contributed by atoms with Crippen LogP contribution in [0.5, 0.6) is 0 Å². The van der Waals surface area contributed by atoms with E-state index in [0.29, 0.717) is 19.3 Å². The summed E-state index contributed by atoms with van der Waals surface area (Å²) in [6.45, 7) is 6.99. The summed E-state index contributed by atoms with van der Waals surface area (Å²) < 4.78 is 0. The molecule has 4 rings (SSSR count). The van der Waals surface area contributed by atoms with E-state index in [2.05, 4.69) is 26.3 Å². The van der Waals surface area contributed by atoms with Gasteiger partial charge in [-0.05, 0) is 42.7 Å². The number of carbonyl (C=O) groups excluding carboxylic acids is 5. The molecule has 12 heteroatoms. The number of fused-ring (bicyclic) bond motifs is 2. The third-order valence-electron chi connectivity index (χ3n) is 7.95. The molecule has 5 amide bonds. The Morgan fingerprint density at radius 3 is 2.21 bits per heavy atom. The van der Waals surface area contributed by atoms with Crippen molar-refractivity contribution in [3.05, 3.63) is 36.0 Å². The topological polar surface area (TPSA) is 173 Å². The molecule has 0 bridgehead atoms. The van der Waals surface area contributed by atoms with Gasteiger partial charge in [0.05, 0.1) is 6.61 Å². The molecule has 0 radical (unpaired) electrons. The van der Waals surface area contributed by atoms with Crippen molar-refractivity contribution in [3.63, 3.8) is 0 Å². The quantitative estimate of drug-likeness (QED) is 0.287. The lowest BCUT2D eigenvalue weighted by molar-refractivity contribution is -0.143. The number of nitrogens with one attached hydrogen (secondary N) is 5. The largest absolute Gasteiger partial charge is 0.394 e. The third kappa shape index (κ3) is 6.92. The number of para-hydroxylation sites is 1. The maximum Gasteiger partial charge on any atom is 0.248 e. The van der Waals surface area contributed by atoms with Gasteiger partial charge in [-0.15, -0.1) is 0 Å². The molecular weight excluding hydrogens is 540 g/mol. The van der Waals surface area contributed by atoms with Gasteiger partial charge in [-0.3, -0.25) is 24.0 Å². The number of aromatic nitrogens is 1. The number of hydrogen-bond acceptors (Lipinski definition) is 6. The van der Waals surface area contributed by atoms with Gasteiger partial charge in [-0.25, -0.2) is 0 Å². The van der Waals surface area contributed by atoms with Crippen LogP contribution in [0.2, 0.25) is 0 Å². The monoisotopic (exact) mass is 582 g/mol. The van der Waals surface area contributed by atoms with E-state index in [0.717, 1.165) is 16.5 Å². The molecule has 228 valence electrons. The van der Waals surface area contributed by atoms with E-state index in [1.165, 1.54) is 4.90 Å². The normalized spacial score (nSPS) is 26.4. The van der Waals surface area contributed by atoms with Gasteiger partial charge < -0.3 is 36.3 Å². The standard InChI is InChI=1S/C30H42N6O6/c1-16(2)12-21-26(38)32-22(13-18-14-31-20-9-6-5-8-19(18)20)27(39)34-23(15-37)30(42)36-11-7-10-24(36)28(40)35-25(17(3)4)29(41)33-21/h5-6,8-9,14,16-17,21-25,31,37H,7,10-13,15H2,1-4H3,(H,32,38)(H,33,41)(H,34,39)(H,35,40)/t21-,22-,23+,24-,25+/m0/s1. The summed E-state index contributed by atoms with van der Waals surface area (Å²) in [6, 6.07) is 2.35. The van der Waals surface area contributed by atoms with Crippen LogP contribution < -0.4 is 21.3 Å². The van der Waals surface area contributed by atoms with Gasteiger partial charge in [-0.1, -0.05) is 45.9 Å². The molecule has 1 aromatic carbocycles. The molecule has 42 heavy (non-hydrogen) atoms. The van der Waals surface area contributed by atoms with E-state index < -0.39 is 66.4 Å². The van der Waals surface area contributed by atoms with Crippen LogP contribution in [0.3, 0.4) is 0 Å². The van der Waals surface area contributed by atoms with Crippen molar-refractivity contribution >= 4 is 40.4 Å². The second-order valence-corrected chi connectivity index (χ2v) is 12.0. The van der Waals surface area contributed by atoms with Crippen LogP contribution in [0.4, 0.5) is 0 Å². The Balaban J connectivity index is 1.73. The van der Waals surface area contributed by atoms with Crippen molar-refractivity contribution in [2.24, 2.45) is 11.8 Å². The van der Waals surface area contributed by atoms with Gasteiger partial charge in [-0.2, -0.15) is 0 Å². The molecule has 0 unspecified atom stereocenters. The van der Waals surface area contributed by atoms with Crippen molar-refractivity contribution < 1.29 is 29.1 Å². The molecule has 0 saturated carbocycles. The number of nitrogens with zero attached hydrogens (tertiary/aromatic N) is 1. The summed E-state index contributed by atoms with van der Waals surface area (Å²) in [5.74, 6) is -3.11. The summed E-state index contributed by atoms with van der Waals surface area (Å²) in [4.78, 5) is 72.2. The fraction of sp³-hybridized carbons (Fsp3) is 0.567. The van der Waals surface area contributed by atoms with Gasteiger partial charge in [0.1, 0.15) is 30.2 Å². The number of aliphatic hydroxyl groups is 1. The molecule has 1 aromatic heterocycles. The van der Waals surface area contributed by atoms with Crippen molar-refractivity contribution in [2.75, 3.05) is 13.2 Å². The third-order valence-corrected chi connectivity index (χ3v) is 7.95. The molecule has 5 atom stereocenters. The molecule has 2 aromatic rings. The first-order chi connectivity index (χ1) is 20.0. The number of H-pyrrole nitrogens is 1. The maximum absolute atomic E-state index is 13.7. The lowest BCUT2D eigenvalue weighted by Crippen LogP contribution is -2.59. The molecule has 2 fully saturated rings. The minimum Gasteiger partial charge on any atom is -0.394 e. The van der Waals surface area contributed by atoms with Crippen LogP contribution in [-0.2, 0) is 30.4 Å². The average molecular weight is 583 g/mol. The number of aromatic amines is 1. The molecular formula is C30H42N6O6. The Labute approximate surface area is 245 Å². The summed E-state index contributed by atoms with van der Waals surface area (Å²) >= 11 is 0. The van der Waals surface area contributed by atoms with Gasteiger partial charge in [0, 0.05) is 30.1 Å². The number of rotatable bonds is 6. The van der Waals surface area contributed by atoms with Crippen LogP contribution >= 0.6 is 0 Å². The smallest absolute Gasteiger partial charge is 0.248 e. The predicted octanol–water partition coefficient (Wildman–Crippen LogP) is 0.349. The first-order valence-corrected chi connectivity index (χ1v) is 14.7. The molecule has 6 N–H and O–H groups in total. The summed E-state index contributed by atoms with van der Waals surface area (Å²) in [5.41, 5.74) is 1.64. The van der Waals surface area contributed by atoms with Crippen molar-refractivity contribution in [3.8, 4) is 0 Å². The van der Waals surface area contributed by atoms with Crippen LogP contribution in [0, 0.1) is 11.8 Å². The molecule has 2 aliphatic rings. The van der Waals surface area contributed by atoms with E-state index >= 15 is 0 Å². The van der Waals surface area contributed by atoms with Gasteiger partial charge in [0.15, 0.2) is 0 Å². The second-order valence-electron chi connectivity index (χ2n) is 12.0. The molecule has 0 aliphatic carbocycles. The van der Waals surface area contributed by atoms with Crippen LogP contribution in [0.1, 0.15) is 52.5 Å². The summed E-state index contributed by atoms with van der Waals surface area (Å²) in [7, 11) is 0. The SMILES string of the molecule is CC(C)C[C@@H]1NC(=O)[C@@H](C(C)C)NC(=O)[C@@H]2CCCN2C(=O)[C@@H](CO)NC(=O)[C@H](Cc2c[nH]c3ccccc23)NC1=O. The highest BCUT2D eigenvalue weighted by Crippen LogP contribution is 2.22. The van der Waals surface area contributed by atoms with Crippen LogP contribution in [0.25, 0.3) is 10.9 Å². The zero-order chi connectivity index (χ0) is 30.6. The van der Waals surface area contributed by atoms with E-state index in [4.69, 9.17) is 0 Å². The molecule has 3 heterocycles. The van der Waals surface area contributed by atoms with Crippen molar-refractivity contribution in [2.45, 2.75) is 83.6 Å². The highest BCUT2D eigenvalue weighted by atomic mass is 16.3. The van der Waals surface area contributed by atoms with Gasteiger partial charge in [0.25, 0.3) is 0 Å². The molecule has 12 nitrogen and oxygen atoms in total. The molecule has 2 aliphatic heterocycles. The van der Waals surface area contributed by atoms with E-state index in [1.54, 1.807) is 20.0 Å². The van der Waals surface area contributed by atoms with Crippen molar-refractivity contribution in [1.82, 2.24) is 31.2 Å². The lowest BCUT2D eigenvalue weighted by Gasteiger charge is -2.30.